The Morgan fingerprint density at radius 1 is 1.12 bits per heavy atom. The van der Waals surface area contributed by atoms with E-state index in [1.807, 2.05) is 10.7 Å². The SMILES string of the molecule is OC(CN1CCNCC1)Cn1cc2c(n1)CCc1c-2sc2ncnc(Nc3ccc(OCc4cccc(F)c4)c(Cl)c3)c12. The van der Waals surface area contributed by atoms with Crippen molar-refractivity contribution in [1.29, 1.82) is 0 Å². The summed E-state index contributed by atoms with van der Waals surface area (Å²) in [5.74, 6) is 0.929. The topological polar surface area (TPSA) is 100 Å². The fourth-order valence-corrected chi connectivity index (χ4v) is 7.26. The third kappa shape index (κ3) is 6.09. The van der Waals surface area contributed by atoms with E-state index < -0.39 is 6.10 Å². The molecule has 0 amide bonds. The van der Waals surface area contributed by atoms with Gasteiger partial charge in [-0.05, 0) is 54.3 Å². The summed E-state index contributed by atoms with van der Waals surface area (Å²) in [5, 5.41) is 23.8. The zero-order chi connectivity index (χ0) is 29.3. The molecule has 222 valence electrons. The molecule has 1 aliphatic heterocycles. The van der Waals surface area contributed by atoms with Gasteiger partial charge in [0.1, 0.15) is 35.1 Å². The van der Waals surface area contributed by atoms with Gasteiger partial charge in [-0.1, -0.05) is 23.7 Å². The van der Waals surface area contributed by atoms with E-state index in [0.29, 0.717) is 29.7 Å². The summed E-state index contributed by atoms with van der Waals surface area (Å²) in [5.41, 5.74) is 4.86. The molecule has 3 aromatic heterocycles. The number of piperazine rings is 1. The van der Waals surface area contributed by atoms with Crippen molar-refractivity contribution < 1.29 is 14.2 Å². The van der Waals surface area contributed by atoms with Crippen LogP contribution in [0.2, 0.25) is 5.02 Å². The number of aliphatic hydroxyl groups excluding tert-OH is 1. The summed E-state index contributed by atoms with van der Waals surface area (Å²) in [7, 11) is 0. The second-order valence-electron chi connectivity index (χ2n) is 10.9. The van der Waals surface area contributed by atoms with Crippen LogP contribution in [0.3, 0.4) is 0 Å². The van der Waals surface area contributed by atoms with Gasteiger partial charge in [0.2, 0.25) is 0 Å². The Balaban J connectivity index is 1.09. The lowest BCUT2D eigenvalue weighted by Gasteiger charge is -2.29. The Labute approximate surface area is 257 Å². The predicted octanol–water partition coefficient (Wildman–Crippen LogP) is 5.03. The summed E-state index contributed by atoms with van der Waals surface area (Å²) in [6.07, 6.45) is 4.80. The number of aryl methyl sites for hydroxylation is 2. The summed E-state index contributed by atoms with van der Waals surface area (Å²) in [4.78, 5) is 13.5. The zero-order valence-corrected chi connectivity index (χ0v) is 25.0. The van der Waals surface area contributed by atoms with Crippen molar-refractivity contribution >= 4 is 44.7 Å². The average Bonchev–Trinajstić information content (AvgIpc) is 3.59. The van der Waals surface area contributed by atoms with E-state index in [1.165, 1.54) is 17.7 Å². The van der Waals surface area contributed by atoms with Gasteiger partial charge in [-0.2, -0.15) is 5.10 Å². The third-order valence-electron chi connectivity index (χ3n) is 7.84. The molecule has 2 aromatic carbocycles. The van der Waals surface area contributed by atoms with Crippen LogP contribution < -0.4 is 15.4 Å². The first-order chi connectivity index (χ1) is 21.0. The standard InChI is InChI=1S/C31H31ClFN7O2S/c32-25-13-21(4-7-27(25)42-17-19-2-1-3-20(33)12-19)37-30-28-23-5-6-26-24(29(23)43-31(28)36-18-35-30)16-40(38-26)15-22(41)14-39-10-8-34-9-11-39/h1-4,7,12-13,16,18,22,34,41H,5-6,8-11,14-15,17H2,(H,35,36,37). The molecule has 1 unspecified atom stereocenters. The number of anilines is 2. The van der Waals surface area contributed by atoms with Crippen LogP contribution in [0.4, 0.5) is 15.9 Å². The van der Waals surface area contributed by atoms with Gasteiger partial charge in [-0.25, -0.2) is 14.4 Å². The van der Waals surface area contributed by atoms with E-state index in [1.54, 1.807) is 41.9 Å². The van der Waals surface area contributed by atoms with Crippen LogP contribution in [-0.2, 0) is 26.0 Å². The lowest BCUT2D eigenvalue weighted by Crippen LogP contribution is -2.46. The minimum atomic E-state index is -0.479. The molecular weight excluding hydrogens is 589 g/mol. The molecule has 0 bridgehead atoms. The first kappa shape index (κ1) is 28.2. The summed E-state index contributed by atoms with van der Waals surface area (Å²) >= 11 is 8.20. The minimum Gasteiger partial charge on any atom is -0.487 e. The number of aliphatic hydroxyl groups is 1. The van der Waals surface area contributed by atoms with Crippen molar-refractivity contribution in [2.24, 2.45) is 0 Å². The van der Waals surface area contributed by atoms with Gasteiger partial charge in [-0.15, -0.1) is 11.3 Å². The highest BCUT2D eigenvalue weighted by atomic mass is 35.5. The van der Waals surface area contributed by atoms with Crippen molar-refractivity contribution in [2.45, 2.75) is 32.1 Å². The molecule has 0 radical (unpaired) electrons. The predicted molar refractivity (Wildman–Crippen MR) is 167 cm³/mol. The molecule has 7 rings (SSSR count). The van der Waals surface area contributed by atoms with E-state index >= 15 is 0 Å². The van der Waals surface area contributed by atoms with Crippen molar-refractivity contribution in [3.8, 4) is 16.2 Å². The van der Waals surface area contributed by atoms with E-state index in [4.69, 9.17) is 21.4 Å². The van der Waals surface area contributed by atoms with Crippen LogP contribution in [0.15, 0.2) is 55.0 Å². The Kier molecular flexibility index (Phi) is 7.98. The number of hydrogen-bond acceptors (Lipinski definition) is 9. The van der Waals surface area contributed by atoms with Crippen molar-refractivity contribution in [3.63, 3.8) is 0 Å². The maximum Gasteiger partial charge on any atom is 0.142 e. The quantitative estimate of drug-likeness (QED) is 0.211. The number of fused-ring (bicyclic) bond motifs is 5. The Morgan fingerprint density at radius 3 is 2.84 bits per heavy atom. The van der Waals surface area contributed by atoms with Crippen LogP contribution >= 0.6 is 22.9 Å². The number of nitrogens with one attached hydrogen (secondary N) is 2. The number of aromatic nitrogens is 4. The number of halogens is 2. The van der Waals surface area contributed by atoms with Crippen LogP contribution in [0.1, 0.15) is 16.8 Å². The van der Waals surface area contributed by atoms with Crippen LogP contribution in [0, 0.1) is 5.82 Å². The smallest absolute Gasteiger partial charge is 0.142 e. The van der Waals surface area contributed by atoms with Gasteiger partial charge in [0.05, 0.1) is 28.8 Å². The maximum atomic E-state index is 13.5. The van der Waals surface area contributed by atoms with Gasteiger partial charge in [0.25, 0.3) is 0 Å². The highest BCUT2D eigenvalue weighted by Gasteiger charge is 2.27. The average molecular weight is 620 g/mol. The second kappa shape index (κ2) is 12.2. The molecule has 4 heterocycles. The second-order valence-corrected chi connectivity index (χ2v) is 12.3. The Bertz CT molecular complexity index is 1770. The van der Waals surface area contributed by atoms with Gasteiger partial charge >= 0.3 is 0 Å². The fourth-order valence-electron chi connectivity index (χ4n) is 5.80. The first-order valence-corrected chi connectivity index (χ1v) is 15.6. The number of β-amino-alcohol motifs (C(OH)–C–C–N with tert-alkyl or cyclic N) is 1. The molecule has 3 N–H and O–H groups in total. The highest BCUT2D eigenvalue weighted by molar-refractivity contribution is 7.22. The Morgan fingerprint density at radius 2 is 2.00 bits per heavy atom. The van der Waals surface area contributed by atoms with Crippen molar-refractivity contribution in [1.82, 2.24) is 30.0 Å². The van der Waals surface area contributed by atoms with Crippen molar-refractivity contribution in [3.05, 3.63) is 82.6 Å². The third-order valence-corrected chi connectivity index (χ3v) is 9.30. The zero-order valence-electron chi connectivity index (χ0n) is 23.4. The van der Waals surface area contributed by atoms with Crippen LogP contribution in [0.25, 0.3) is 20.7 Å². The summed E-state index contributed by atoms with van der Waals surface area (Å²) in [6.45, 7) is 5.16. The number of nitrogens with zero attached hydrogens (tertiary/aromatic N) is 5. The number of hydrogen-bond donors (Lipinski definition) is 3. The van der Waals surface area contributed by atoms with Gasteiger partial charge in [0, 0.05) is 55.0 Å². The van der Waals surface area contributed by atoms with Gasteiger partial charge in [0.15, 0.2) is 0 Å². The minimum absolute atomic E-state index is 0.214. The Hall–Kier alpha value is -3.61. The number of rotatable bonds is 9. The molecule has 9 nitrogen and oxygen atoms in total. The molecule has 2 aliphatic rings. The van der Waals surface area contributed by atoms with Crippen LogP contribution in [-0.4, -0.2) is 68.6 Å². The molecule has 12 heteroatoms. The number of benzene rings is 2. The largest absolute Gasteiger partial charge is 0.487 e. The molecule has 5 aromatic rings. The highest BCUT2D eigenvalue weighted by Crippen LogP contribution is 2.45. The lowest BCUT2D eigenvalue weighted by molar-refractivity contribution is 0.0888. The lowest BCUT2D eigenvalue weighted by atomic mass is 9.95. The normalized spacial score (nSPS) is 15.7. The monoisotopic (exact) mass is 619 g/mol. The van der Waals surface area contributed by atoms with Crippen molar-refractivity contribution in [2.75, 3.05) is 38.0 Å². The number of thiophene rings is 1. The molecule has 0 saturated carbocycles. The first-order valence-electron chi connectivity index (χ1n) is 14.4. The molecule has 43 heavy (non-hydrogen) atoms. The van der Waals surface area contributed by atoms with Gasteiger partial charge in [-0.3, -0.25) is 9.58 Å². The molecule has 1 aliphatic carbocycles. The molecule has 1 fully saturated rings. The van der Waals surface area contributed by atoms with E-state index in [2.05, 4.69) is 31.7 Å². The fraction of sp³-hybridized carbons (Fsp3) is 0.323. The maximum absolute atomic E-state index is 13.5. The van der Waals surface area contributed by atoms with Gasteiger partial charge < -0.3 is 20.5 Å². The molecular formula is C31H31ClFN7O2S. The van der Waals surface area contributed by atoms with E-state index in [9.17, 15) is 9.50 Å². The summed E-state index contributed by atoms with van der Waals surface area (Å²) in [6, 6.07) is 11.8. The number of ether oxygens (including phenoxy) is 1. The molecule has 1 atom stereocenters. The van der Waals surface area contributed by atoms with E-state index in [0.717, 1.165) is 76.6 Å². The summed E-state index contributed by atoms with van der Waals surface area (Å²) < 4.78 is 21.2. The van der Waals surface area contributed by atoms with E-state index in [-0.39, 0.29) is 12.4 Å². The van der Waals surface area contributed by atoms with Crippen LogP contribution in [0.5, 0.6) is 5.75 Å². The molecule has 0 spiro atoms. The molecule has 1 saturated heterocycles.